The predicted molar refractivity (Wildman–Crippen MR) is 100 cm³/mol. The molecule has 0 saturated carbocycles. The second-order valence-electron chi connectivity index (χ2n) is 6.31. The summed E-state index contributed by atoms with van der Waals surface area (Å²) >= 11 is 1.48. The second-order valence-corrected chi connectivity index (χ2v) is 7.26. The lowest BCUT2D eigenvalue weighted by Crippen LogP contribution is -2.57. The minimum atomic E-state index is -0.376. The van der Waals surface area contributed by atoms with Crippen LogP contribution in [0.25, 0.3) is 0 Å². The first-order valence-electron chi connectivity index (χ1n) is 8.76. The van der Waals surface area contributed by atoms with Gasteiger partial charge in [0, 0.05) is 18.5 Å². The maximum absolute atomic E-state index is 12.6. The van der Waals surface area contributed by atoms with Crippen molar-refractivity contribution in [1.29, 1.82) is 0 Å². The van der Waals surface area contributed by atoms with Gasteiger partial charge < -0.3 is 15.0 Å². The van der Waals surface area contributed by atoms with Gasteiger partial charge in [-0.3, -0.25) is 9.59 Å². The quantitative estimate of drug-likeness (QED) is 0.843. The van der Waals surface area contributed by atoms with Crippen LogP contribution in [0.1, 0.15) is 29.6 Å². The fourth-order valence-corrected chi connectivity index (χ4v) is 3.66. The number of hydrogen-bond acceptors (Lipinski definition) is 5. The molecule has 1 atom stereocenters. The molecule has 1 aromatic carbocycles. The smallest absolute Gasteiger partial charge is 0.242 e. The zero-order valence-corrected chi connectivity index (χ0v) is 15.8. The molecule has 2 heterocycles. The van der Waals surface area contributed by atoms with Crippen molar-refractivity contribution in [1.82, 2.24) is 15.2 Å². The van der Waals surface area contributed by atoms with Gasteiger partial charge in [-0.05, 0) is 25.5 Å². The number of rotatable bonds is 6. The van der Waals surface area contributed by atoms with Crippen LogP contribution in [-0.4, -0.2) is 40.8 Å². The molecule has 0 spiro atoms. The average Bonchev–Trinajstić information content (AvgIpc) is 3.08. The van der Waals surface area contributed by atoms with Crippen molar-refractivity contribution in [2.24, 2.45) is 0 Å². The fourth-order valence-electron chi connectivity index (χ4n) is 2.95. The van der Waals surface area contributed by atoms with Gasteiger partial charge in [0.2, 0.25) is 11.8 Å². The number of aromatic nitrogens is 1. The van der Waals surface area contributed by atoms with E-state index in [1.807, 2.05) is 43.5 Å². The number of benzene rings is 1. The number of aryl methyl sites for hydroxylation is 1. The monoisotopic (exact) mass is 373 g/mol. The third-order valence-electron chi connectivity index (χ3n) is 4.35. The van der Waals surface area contributed by atoms with Gasteiger partial charge in [-0.2, -0.15) is 0 Å². The summed E-state index contributed by atoms with van der Waals surface area (Å²) < 4.78 is 5.73. The third-order valence-corrected chi connectivity index (χ3v) is 5.22. The Bertz CT molecular complexity index is 773. The van der Waals surface area contributed by atoms with Crippen molar-refractivity contribution in [3.8, 4) is 5.75 Å². The van der Waals surface area contributed by atoms with E-state index in [9.17, 15) is 9.59 Å². The van der Waals surface area contributed by atoms with Crippen LogP contribution in [0.5, 0.6) is 5.75 Å². The number of carbonyl (C=O) groups excluding carboxylic acids is 2. The minimum Gasteiger partial charge on any atom is -0.486 e. The number of nitrogens with one attached hydrogen (secondary N) is 1. The fraction of sp³-hybridized carbons (Fsp3) is 0.421. The van der Waals surface area contributed by atoms with Crippen LogP contribution >= 0.6 is 11.3 Å². The number of carbonyl (C=O) groups is 2. The first kappa shape index (κ1) is 18.4. The van der Waals surface area contributed by atoms with E-state index in [0.717, 1.165) is 16.5 Å². The summed E-state index contributed by atoms with van der Waals surface area (Å²) in [6.07, 6.45) is 0.828. The molecule has 138 valence electrons. The molecule has 0 aliphatic carbocycles. The van der Waals surface area contributed by atoms with E-state index < -0.39 is 0 Å². The molecule has 0 radical (unpaired) electrons. The SMILES string of the molecule is CC[C@@H]1C(=O)NCCN1C(=O)Cc1csc(COc2ccc(C)cc2)n1. The Morgan fingerprint density at radius 3 is 2.88 bits per heavy atom. The van der Waals surface area contributed by atoms with Gasteiger partial charge >= 0.3 is 0 Å². The van der Waals surface area contributed by atoms with Crippen molar-refractivity contribution < 1.29 is 14.3 Å². The maximum atomic E-state index is 12.6. The number of ether oxygens (including phenoxy) is 1. The molecule has 1 saturated heterocycles. The second kappa shape index (κ2) is 8.31. The minimum absolute atomic E-state index is 0.0528. The topological polar surface area (TPSA) is 71.5 Å². The molecule has 1 aliphatic heterocycles. The van der Waals surface area contributed by atoms with Crippen molar-refractivity contribution >= 4 is 23.2 Å². The predicted octanol–water partition coefficient (Wildman–Crippen LogP) is 2.31. The van der Waals surface area contributed by atoms with Crippen LogP contribution < -0.4 is 10.1 Å². The largest absolute Gasteiger partial charge is 0.486 e. The molecule has 2 amide bonds. The normalized spacial score (nSPS) is 17.1. The van der Waals surface area contributed by atoms with E-state index in [2.05, 4.69) is 10.3 Å². The Morgan fingerprint density at radius 2 is 2.15 bits per heavy atom. The van der Waals surface area contributed by atoms with Gasteiger partial charge in [-0.15, -0.1) is 11.3 Å². The number of amides is 2. The standard InChI is InChI=1S/C19H23N3O3S/c1-3-16-19(24)20-8-9-22(16)18(23)10-14-12-26-17(21-14)11-25-15-6-4-13(2)5-7-15/h4-7,12,16H,3,8-11H2,1-2H3,(H,20,24)/t16-/m1/s1. The summed E-state index contributed by atoms with van der Waals surface area (Å²) in [5, 5.41) is 5.52. The van der Waals surface area contributed by atoms with Crippen LogP contribution in [0.2, 0.25) is 0 Å². The van der Waals surface area contributed by atoms with E-state index >= 15 is 0 Å². The molecule has 6 nitrogen and oxygen atoms in total. The highest BCUT2D eigenvalue weighted by molar-refractivity contribution is 7.09. The number of thiazole rings is 1. The highest BCUT2D eigenvalue weighted by atomic mass is 32.1. The van der Waals surface area contributed by atoms with Gasteiger partial charge in [-0.1, -0.05) is 24.6 Å². The lowest BCUT2D eigenvalue weighted by atomic mass is 10.1. The molecule has 0 unspecified atom stereocenters. The summed E-state index contributed by atoms with van der Waals surface area (Å²) in [5.41, 5.74) is 1.91. The Labute approximate surface area is 157 Å². The van der Waals surface area contributed by atoms with Crippen molar-refractivity contribution in [3.05, 3.63) is 45.9 Å². The van der Waals surface area contributed by atoms with Gasteiger partial charge in [0.15, 0.2) is 0 Å². The van der Waals surface area contributed by atoms with Crippen LogP contribution in [0.4, 0.5) is 0 Å². The Kier molecular flexibility index (Phi) is 5.88. The number of piperazine rings is 1. The van der Waals surface area contributed by atoms with Crippen LogP contribution in [0.3, 0.4) is 0 Å². The Morgan fingerprint density at radius 1 is 1.38 bits per heavy atom. The molecule has 2 aromatic rings. The van der Waals surface area contributed by atoms with Crippen LogP contribution in [0.15, 0.2) is 29.6 Å². The molecule has 7 heteroatoms. The van der Waals surface area contributed by atoms with Crippen LogP contribution in [0, 0.1) is 6.92 Å². The molecule has 1 N–H and O–H groups in total. The molecular formula is C19H23N3O3S. The van der Waals surface area contributed by atoms with Crippen molar-refractivity contribution in [2.75, 3.05) is 13.1 Å². The van der Waals surface area contributed by atoms with E-state index in [1.54, 1.807) is 4.90 Å². The third kappa shape index (κ3) is 4.40. The summed E-state index contributed by atoms with van der Waals surface area (Å²) in [4.78, 5) is 30.6. The molecule has 1 aliphatic rings. The number of nitrogens with zero attached hydrogens (tertiary/aromatic N) is 2. The molecular weight excluding hydrogens is 350 g/mol. The molecule has 1 aromatic heterocycles. The van der Waals surface area contributed by atoms with Crippen molar-refractivity contribution in [3.63, 3.8) is 0 Å². The average molecular weight is 373 g/mol. The van der Waals surface area contributed by atoms with Gasteiger partial charge in [0.05, 0.1) is 12.1 Å². The van der Waals surface area contributed by atoms with Gasteiger partial charge in [0.25, 0.3) is 0 Å². The Hall–Kier alpha value is -2.41. The molecule has 3 rings (SSSR count). The number of hydrogen-bond donors (Lipinski definition) is 1. The lowest BCUT2D eigenvalue weighted by molar-refractivity contribution is -0.142. The molecule has 26 heavy (non-hydrogen) atoms. The molecule has 1 fully saturated rings. The summed E-state index contributed by atoms with van der Waals surface area (Å²) in [7, 11) is 0. The van der Waals surface area contributed by atoms with Crippen molar-refractivity contribution in [2.45, 2.75) is 39.3 Å². The van der Waals surface area contributed by atoms with E-state index in [1.165, 1.54) is 16.9 Å². The Balaban J connectivity index is 1.56. The maximum Gasteiger partial charge on any atom is 0.242 e. The first-order chi connectivity index (χ1) is 12.6. The zero-order chi connectivity index (χ0) is 18.5. The van der Waals surface area contributed by atoms with E-state index in [-0.39, 0.29) is 24.3 Å². The zero-order valence-electron chi connectivity index (χ0n) is 15.0. The first-order valence-corrected chi connectivity index (χ1v) is 9.64. The van der Waals surface area contributed by atoms with E-state index in [4.69, 9.17) is 4.74 Å². The summed E-state index contributed by atoms with van der Waals surface area (Å²) in [6.45, 7) is 5.39. The summed E-state index contributed by atoms with van der Waals surface area (Å²) in [6, 6.07) is 7.49. The van der Waals surface area contributed by atoms with Gasteiger partial charge in [0.1, 0.15) is 23.4 Å². The highest BCUT2D eigenvalue weighted by Gasteiger charge is 2.31. The lowest BCUT2D eigenvalue weighted by Gasteiger charge is -2.34. The van der Waals surface area contributed by atoms with Crippen LogP contribution in [-0.2, 0) is 22.6 Å². The summed E-state index contributed by atoms with van der Waals surface area (Å²) in [5.74, 6) is 0.675. The highest BCUT2D eigenvalue weighted by Crippen LogP contribution is 2.17. The molecule has 0 bridgehead atoms. The van der Waals surface area contributed by atoms with E-state index in [0.29, 0.717) is 26.1 Å². The van der Waals surface area contributed by atoms with Gasteiger partial charge in [-0.25, -0.2) is 4.98 Å².